The predicted molar refractivity (Wildman–Crippen MR) is 104 cm³/mol. The number of aliphatic imine (C=N–C) groups is 1. The van der Waals surface area contributed by atoms with Crippen molar-refractivity contribution in [2.75, 3.05) is 20.1 Å². The van der Waals surface area contributed by atoms with E-state index in [-0.39, 0.29) is 24.0 Å². The molecule has 1 heterocycles. The van der Waals surface area contributed by atoms with Crippen LogP contribution in [0, 0.1) is 5.92 Å². The molecule has 0 spiro atoms. The van der Waals surface area contributed by atoms with Crippen molar-refractivity contribution < 1.29 is 0 Å². The van der Waals surface area contributed by atoms with E-state index in [4.69, 9.17) is 0 Å². The van der Waals surface area contributed by atoms with Crippen LogP contribution in [0.15, 0.2) is 35.3 Å². The molecule has 1 saturated heterocycles. The minimum absolute atomic E-state index is 0. The van der Waals surface area contributed by atoms with Crippen LogP contribution in [0.5, 0.6) is 0 Å². The molecule has 1 saturated carbocycles. The lowest BCUT2D eigenvalue weighted by Gasteiger charge is -2.40. The number of hydrogen-bond acceptors (Lipinski definition) is 1. The highest BCUT2D eigenvalue weighted by atomic mass is 127. The Morgan fingerprint density at radius 3 is 2.55 bits per heavy atom. The van der Waals surface area contributed by atoms with Gasteiger partial charge >= 0.3 is 0 Å². The Morgan fingerprint density at radius 1 is 1.23 bits per heavy atom. The molecule has 1 aromatic carbocycles. The van der Waals surface area contributed by atoms with Crippen molar-refractivity contribution in [3.05, 3.63) is 35.9 Å². The zero-order chi connectivity index (χ0) is 14.7. The Labute approximate surface area is 151 Å². The monoisotopic (exact) mass is 413 g/mol. The predicted octanol–water partition coefficient (Wildman–Crippen LogP) is 3.86. The summed E-state index contributed by atoms with van der Waals surface area (Å²) in [7, 11) is 1.91. The third kappa shape index (κ3) is 4.15. The Morgan fingerprint density at radius 2 is 1.95 bits per heavy atom. The highest BCUT2D eigenvalue weighted by Crippen LogP contribution is 2.35. The van der Waals surface area contributed by atoms with E-state index >= 15 is 0 Å². The number of piperidine rings is 1. The molecule has 0 bridgehead atoms. The Bertz CT molecular complexity index is 484. The van der Waals surface area contributed by atoms with Gasteiger partial charge in [-0.25, -0.2) is 0 Å². The third-order valence-electron chi connectivity index (χ3n) is 4.91. The van der Waals surface area contributed by atoms with Crippen molar-refractivity contribution in [2.24, 2.45) is 10.9 Å². The SMILES string of the molecule is CCC1CN(C(=NC)NC2CC2)CCC1c1ccccc1.I. The van der Waals surface area contributed by atoms with E-state index in [1.807, 2.05) is 7.05 Å². The van der Waals surface area contributed by atoms with Crippen LogP contribution in [0.2, 0.25) is 0 Å². The molecular weight excluding hydrogens is 385 g/mol. The quantitative estimate of drug-likeness (QED) is 0.463. The first-order valence-electron chi connectivity index (χ1n) is 8.35. The molecule has 0 radical (unpaired) electrons. The number of hydrogen-bond donors (Lipinski definition) is 1. The summed E-state index contributed by atoms with van der Waals surface area (Å²) in [4.78, 5) is 6.95. The van der Waals surface area contributed by atoms with Crippen LogP contribution < -0.4 is 5.32 Å². The molecule has 22 heavy (non-hydrogen) atoms. The van der Waals surface area contributed by atoms with E-state index < -0.39 is 0 Å². The molecule has 3 rings (SSSR count). The summed E-state index contributed by atoms with van der Waals surface area (Å²) < 4.78 is 0. The van der Waals surface area contributed by atoms with Gasteiger partial charge in [0.05, 0.1) is 0 Å². The van der Waals surface area contributed by atoms with Gasteiger partial charge in [0.2, 0.25) is 0 Å². The highest BCUT2D eigenvalue weighted by molar-refractivity contribution is 14.0. The van der Waals surface area contributed by atoms with E-state index in [0.29, 0.717) is 12.0 Å². The largest absolute Gasteiger partial charge is 0.354 e. The molecule has 1 N–H and O–H groups in total. The van der Waals surface area contributed by atoms with Crippen LogP contribution in [-0.2, 0) is 0 Å². The van der Waals surface area contributed by atoms with Gasteiger partial charge in [-0.2, -0.15) is 0 Å². The minimum Gasteiger partial charge on any atom is -0.354 e. The Balaban J connectivity index is 0.00000176. The lowest BCUT2D eigenvalue weighted by molar-refractivity contribution is 0.215. The molecule has 3 nitrogen and oxygen atoms in total. The van der Waals surface area contributed by atoms with Gasteiger partial charge in [-0.1, -0.05) is 43.7 Å². The molecule has 0 amide bonds. The van der Waals surface area contributed by atoms with Crippen LogP contribution in [-0.4, -0.2) is 37.0 Å². The van der Waals surface area contributed by atoms with Gasteiger partial charge in [0.25, 0.3) is 0 Å². The average molecular weight is 413 g/mol. The van der Waals surface area contributed by atoms with E-state index in [0.717, 1.165) is 25.0 Å². The highest BCUT2D eigenvalue weighted by Gasteiger charge is 2.32. The van der Waals surface area contributed by atoms with E-state index in [2.05, 4.69) is 52.5 Å². The number of halogens is 1. The molecule has 2 unspecified atom stereocenters. The van der Waals surface area contributed by atoms with Crippen LogP contribution in [0.3, 0.4) is 0 Å². The van der Waals surface area contributed by atoms with Gasteiger partial charge in [0.15, 0.2) is 5.96 Å². The number of guanidine groups is 1. The average Bonchev–Trinajstić information content (AvgIpc) is 3.37. The Hall–Kier alpha value is -0.780. The lowest BCUT2D eigenvalue weighted by atomic mass is 9.79. The maximum Gasteiger partial charge on any atom is 0.193 e. The first-order chi connectivity index (χ1) is 10.3. The standard InChI is InChI=1S/C18H27N3.HI/c1-3-14-13-21(18(19-2)20-16-9-10-16)12-11-17(14)15-7-5-4-6-8-15;/h4-8,14,16-17H,3,9-13H2,1-2H3,(H,19,20);1H. The van der Waals surface area contributed by atoms with E-state index in [1.165, 1.54) is 31.2 Å². The maximum atomic E-state index is 4.49. The minimum atomic E-state index is 0. The first kappa shape index (κ1) is 17.6. The molecule has 2 atom stereocenters. The molecule has 2 fully saturated rings. The summed E-state index contributed by atoms with van der Waals surface area (Å²) in [5.74, 6) is 2.54. The molecule has 2 aliphatic rings. The summed E-state index contributed by atoms with van der Waals surface area (Å²) in [6.07, 6.45) is 5.07. The van der Waals surface area contributed by atoms with Crippen molar-refractivity contribution in [2.45, 2.75) is 44.6 Å². The number of benzene rings is 1. The molecule has 0 aromatic heterocycles. The molecular formula is C18H28IN3. The summed E-state index contributed by atoms with van der Waals surface area (Å²) in [6, 6.07) is 11.7. The number of likely N-dealkylation sites (tertiary alicyclic amines) is 1. The van der Waals surface area contributed by atoms with E-state index in [1.54, 1.807) is 0 Å². The second-order valence-corrected chi connectivity index (χ2v) is 6.39. The van der Waals surface area contributed by atoms with Crippen molar-refractivity contribution in [1.82, 2.24) is 10.2 Å². The lowest BCUT2D eigenvalue weighted by Crippen LogP contribution is -2.49. The number of nitrogens with zero attached hydrogens (tertiary/aromatic N) is 2. The van der Waals surface area contributed by atoms with Crippen molar-refractivity contribution in [3.8, 4) is 0 Å². The van der Waals surface area contributed by atoms with E-state index in [9.17, 15) is 0 Å². The van der Waals surface area contributed by atoms with Crippen molar-refractivity contribution in [3.63, 3.8) is 0 Å². The fourth-order valence-electron chi connectivity index (χ4n) is 3.48. The topological polar surface area (TPSA) is 27.6 Å². The van der Waals surface area contributed by atoms with Gasteiger partial charge in [-0.3, -0.25) is 4.99 Å². The van der Waals surface area contributed by atoms with Gasteiger partial charge < -0.3 is 10.2 Å². The van der Waals surface area contributed by atoms with Crippen LogP contribution in [0.25, 0.3) is 0 Å². The maximum absolute atomic E-state index is 4.49. The summed E-state index contributed by atoms with van der Waals surface area (Å²) in [6.45, 7) is 4.56. The van der Waals surface area contributed by atoms with Gasteiger partial charge in [-0.15, -0.1) is 24.0 Å². The fraction of sp³-hybridized carbons (Fsp3) is 0.611. The summed E-state index contributed by atoms with van der Waals surface area (Å²) in [5, 5.41) is 3.59. The number of nitrogens with one attached hydrogen (secondary N) is 1. The normalized spacial score (nSPS) is 25.5. The third-order valence-corrected chi connectivity index (χ3v) is 4.91. The summed E-state index contributed by atoms with van der Waals surface area (Å²) >= 11 is 0. The molecule has 4 heteroatoms. The van der Waals surface area contributed by atoms with Gasteiger partial charge in [0.1, 0.15) is 0 Å². The van der Waals surface area contributed by atoms with Crippen LogP contribution >= 0.6 is 24.0 Å². The molecule has 1 aliphatic carbocycles. The zero-order valence-corrected chi connectivity index (χ0v) is 16.0. The zero-order valence-electron chi connectivity index (χ0n) is 13.7. The van der Waals surface area contributed by atoms with Crippen molar-refractivity contribution in [1.29, 1.82) is 0 Å². The second kappa shape index (κ2) is 8.18. The Kier molecular flexibility index (Phi) is 6.53. The van der Waals surface area contributed by atoms with Crippen LogP contribution in [0.1, 0.15) is 44.1 Å². The molecule has 122 valence electrons. The fourth-order valence-corrected chi connectivity index (χ4v) is 3.48. The molecule has 1 aliphatic heterocycles. The second-order valence-electron chi connectivity index (χ2n) is 6.39. The first-order valence-corrected chi connectivity index (χ1v) is 8.35. The molecule has 1 aromatic rings. The van der Waals surface area contributed by atoms with Gasteiger partial charge in [0, 0.05) is 26.2 Å². The summed E-state index contributed by atoms with van der Waals surface area (Å²) in [5.41, 5.74) is 1.51. The smallest absolute Gasteiger partial charge is 0.193 e. The number of rotatable bonds is 3. The van der Waals surface area contributed by atoms with Crippen molar-refractivity contribution >= 4 is 29.9 Å². The van der Waals surface area contributed by atoms with Gasteiger partial charge in [-0.05, 0) is 36.7 Å². The van der Waals surface area contributed by atoms with Crippen LogP contribution in [0.4, 0.5) is 0 Å².